The molecule has 11 nitrogen and oxygen atoms in total. The fourth-order valence-corrected chi connectivity index (χ4v) is 9.26. The van der Waals surface area contributed by atoms with E-state index in [-0.39, 0.29) is 23.6 Å². The molecule has 0 aliphatic carbocycles. The first-order valence-corrected chi connectivity index (χ1v) is 17.5. The van der Waals surface area contributed by atoms with E-state index >= 15 is 0 Å². The molecule has 0 saturated carbocycles. The summed E-state index contributed by atoms with van der Waals surface area (Å²) in [5.41, 5.74) is 1.83. The van der Waals surface area contributed by atoms with Crippen LogP contribution < -0.4 is 24.6 Å². The molecular formula is C37H31N3O8S2. The van der Waals surface area contributed by atoms with Gasteiger partial charge in [-0.1, -0.05) is 59.5 Å². The molecule has 0 spiro atoms. The lowest BCUT2D eigenvalue weighted by atomic mass is 9.83. The van der Waals surface area contributed by atoms with Crippen molar-refractivity contribution in [1.29, 1.82) is 0 Å². The smallest absolute Gasteiger partial charge is 0.338 e. The Bertz CT molecular complexity index is 2230. The van der Waals surface area contributed by atoms with Crippen molar-refractivity contribution in [2.24, 2.45) is 5.92 Å². The molecule has 3 unspecified atom stereocenters. The SMILES string of the molecule is CCOC(=O)c1ccc(N2C(=O)C3Sc4c(sc(=O)n4CC(=O)Nc4ccc5ccccc5c4)C(c4ccc(OC)c(OC)c4)C3C2=O)cc1. The lowest BCUT2D eigenvalue weighted by Crippen LogP contribution is -2.33. The number of carbonyl (C=O) groups is 4. The van der Waals surface area contributed by atoms with Crippen LogP contribution in [0.15, 0.2) is 94.7 Å². The molecule has 5 aromatic rings. The number of ether oxygens (including phenoxy) is 3. The van der Waals surface area contributed by atoms with E-state index in [0.717, 1.165) is 38.8 Å². The second-order valence-electron chi connectivity index (χ2n) is 11.7. The van der Waals surface area contributed by atoms with E-state index in [1.54, 1.807) is 31.2 Å². The Morgan fingerprint density at radius 3 is 2.30 bits per heavy atom. The second kappa shape index (κ2) is 13.5. The summed E-state index contributed by atoms with van der Waals surface area (Å²) in [5, 5.41) is 4.43. The number of thioether (sulfide) groups is 1. The van der Waals surface area contributed by atoms with E-state index in [4.69, 9.17) is 14.2 Å². The molecule has 3 amide bonds. The average Bonchev–Trinajstić information content (AvgIpc) is 3.57. The van der Waals surface area contributed by atoms with Crippen molar-refractivity contribution in [3.8, 4) is 11.5 Å². The normalized spacial score (nSPS) is 18.1. The Hall–Kier alpha value is -5.40. The van der Waals surface area contributed by atoms with E-state index in [2.05, 4.69) is 5.32 Å². The van der Waals surface area contributed by atoms with E-state index in [1.807, 2.05) is 36.4 Å². The molecule has 7 rings (SSSR count). The largest absolute Gasteiger partial charge is 0.493 e. The van der Waals surface area contributed by atoms with Crippen molar-refractivity contribution in [3.05, 3.63) is 111 Å². The average molecular weight is 710 g/mol. The van der Waals surface area contributed by atoms with Crippen LogP contribution >= 0.6 is 23.1 Å². The Labute approximate surface area is 294 Å². The van der Waals surface area contributed by atoms with Gasteiger partial charge in [-0.2, -0.15) is 0 Å². The third-order valence-corrected chi connectivity index (χ3v) is 11.4. The van der Waals surface area contributed by atoms with Gasteiger partial charge in [0.2, 0.25) is 17.7 Å². The van der Waals surface area contributed by atoms with Crippen LogP contribution in [0, 0.1) is 5.92 Å². The first-order chi connectivity index (χ1) is 24.2. The van der Waals surface area contributed by atoms with Crippen LogP contribution in [0.4, 0.5) is 11.4 Å². The Balaban J connectivity index is 1.26. The van der Waals surface area contributed by atoms with Crippen LogP contribution in [-0.2, 0) is 25.7 Å². The van der Waals surface area contributed by atoms with Gasteiger partial charge >= 0.3 is 10.8 Å². The van der Waals surface area contributed by atoms with Gasteiger partial charge < -0.3 is 19.5 Å². The number of benzene rings is 4. The zero-order valence-corrected chi connectivity index (χ0v) is 28.8. The molecule has 50 heavy (non-hydrogen) atoms. The molecule has 1 aromatic heterocycles. The highest BCUT2D eigenvalue weighted by molar-refractivity contribution is 8.00. The molecule has 0 bridgehead atoms. The first-order valence-electron chi connectivity index (χ1n) is 15.8. The van der Waals surface area contributed by atoms with Gasteiger partial charge in [0, 0.05) is 16.5 Å². The molecule has 0 radical (unpaired) electrons. The van der Waals surface area contributed by atoms with E-state index < -0.39 is 40.8 Å². The minimum atomic E-state index is -0.901. The number of methoxy groups -OCH3 is 2. The predicted molar refractivity (Wildman–Crippen MR) is 191 cm³/mol. The van der Waals surface area contributed by atoms with Crippen LogP contribution in [0.5, 0.6) is 11.5 Å². The number of aromatic nitrogens is 1. The lowest BCUT2D eigenvalue weighted by Gasteiger charge is -2.31. The number of imide groups is 1. The fourth-order valence-electron chi connectivity index (χ4n) is 6.49. The standard InChI is InChI=1S/C37H31N3O8S2/c1-4-48-36(44)21-10-14-25(15-11-21)40-33(42)30-29(23-12-16-26(46-2)27(18-23)47-3)32-35(49-31(30)34(40)43)39(37(45)50-32)19-28(41)38-24-13-9-20-7-5-6-8-22(20)17-24/h5-18,29-31H,4,19H2,1-3H3,(H,38,41). The number of hydrogen-bond donors (Lipinski definition) is 1. The molecule has 3 heterocycles. The molecular weight excluding hydrogens is 679 g/mol. The minimum absolute atomic E-state index is 0.210. The highest BCUT2D eigenvalue weighted by Gasteiger charge is 2.57. The number of rotatable bonds is 9. The third-order valence-electron chi connectivity index (χ3n) is 8.79. The first kappa shape index (κ1) is 33.1. The van der Waals surface area contributed by atoms with Crippen molar-refractivity contribution in [3.63, 3.8) is 0 Å². The van der Waals surface area contributed by atoms with E-state index in [1.165, 1.54) is 43.1 Å². The summed E-state index contributed by atoms with van der Waals surface area (Å²) >= 11 is 2.07. The number of anilines is 2. The lowest BCUT2D eigenvalue weighted by molar-refractivity contribution is -0.122. The van der Waals surface area contributed by atoms with Crippen molar-refractivity contribution in [2.75, 3.05) is 31.0 Å². The molecule has 3 atom stereocenters. The van der Waals surface area contributed by atoms with Crippen molar-refractivity contribution >= 4 is 68.9 Å². The summed E-state index contributed by atoms with van der Waals surface area (Å²) in [7, 11) is 3.02. The summed E-state index contributed by atoms with van der Waals surface area (Å²) in [4.78, 5) is 69.0. The highest BCUT2D eigenvalue weighted by Crippen LogP contribution is 2.54. The van der Waals surface area contributed by atoms with Crippen molar-refractivity contribution in [1.82, 2.24) is 4.57 Å². The Morgan fingerprint density at radius 1 is 0.840 bits per heavy atom. The number of nitrogens with zero attached hydrogens (tertiary/aromatic N) is 2. The Kier molecular flexibility index (Phi) is 8.93. The maximum atomic E-state index is 14.3. The summed E-state index contributed by atoms with van der Waals surface area (Å²) in [6.07, 6.45) is 0. The van der Waals surface area contributed by atoms with Crippen LogP contribution in [0.25, 0.3) is 10.8 Å². The maximum absolute atomic E-state index is 14.3. The van der Waals surface area contributed by atoms with Crippen LogP contribution in [0.3, 0.4) is 0 Å². The van der Waals surface area contributed by atoms with E-state index in [0.29, 0.717) is 38.3 Å². The summed E-state index contributed by atoms with van der Waals surface area (Å²) in [6, 6.07) is 24.7. The van der Waals surface area contributed by atoms with Crippen LogP contribution in [-0.4, -0.2) is 54.3 Å². The second-order valence-corrected chi connectivity index (χ2v) is 13.8. The summed E-state index contributed by atoms with van der Waals surface area (Å²) in [5.74, 6) is -2.51. The molecule has 13 heteroatoms. The molecule has 1 fully saturated rings. The number of esters is 1. The van der Waals surface area contributed by atoms with Gasteiger partial charge in [0.1, 0.15) is 11.8 Å². The van der Waals surface area contributed by atoms with Crippen molar-refractivity contribution in [2.45, 2.75) is 29.7 Å². The van der Waals surface area contributed by atoms with Gasteiger partial charge in [-0.3, -0.25) is 23.7 Å². The van der Waals surface area contributed by atoms with Crippen LogP contribution in [0.1, 0.15) is 33.6 Å². The Morgan fingerprint density at radius 2 is 1.58 bits per heavy atom. The van der Waals surface area contributed by atoms with E-state index in [9.17, 15) is 24.0 Å². The molecule has 1 N–H and O–H groups in total. The van der Waals surface area contributed by atoms with Gasteiger partial charge in [0.05, 0.1) is 43.0 Å². The fraction of sp³-hybridized carbons (Fsp3) is 0.216. The van der Waals surface area contributed by atoms with Gasteiger partial charge in [-0.15, -0.1) is 0 Å². The molecule has 254 valence electrons. The number of hydrogen-bond acceptors (Lipinski definition) is 10. The number of fused-ring (bicyclic) bond motifs is 3. The zero-order valence-electron chi connectivity index (χ0n) is 27.2. The minimum Gasteiger partial charge on any atom is -0.493 e. The molecule has 1 saturated heterocycles. The highest BCUT2D eigenvalue weighted by atomic mass is 32.2. The predicted octanol–water partition coefficient (Wildman–Crippen LogP) is 5.69. The number of amides is 3. The summed E-state index contributed by atoms with van der Waals surface area (Å²) < 4.78 is 17.5. The monoisotopic (exact) mass is 709 g/mol. The van der Waals surface area contributed by atoms with Gasteiger partial charge in [0.25, 0.3) is 0 Å². The molecule has 2 aliphatic rings. The molecule has 2 aliphatic heterocycles. The summed E-state index contributed by atoms with van der Waals surface area (Å²) in [6.45, 7) is 1.63. The number of carbonyl (C=O) groups excluding carboxylic acids is 4. The van der Waals surface area contributed by atoms with Gasteiger partial charge in [0.15, 0.2) is 11.5 Å². The van der Waals surface area contributed by atoms with Crippen molar-refractivity contribution < 1.29 is 33.4 Å². The quantitative estimate of drug-likeness (QED) is 0.151. The number of nitrogens with one attached hydrogen (secondary N) is 1. The van der Waals surface area contributed by atoms with Gasteiger partial charge in [-0.05, 0) is 71.8 Å². The molecule has 4 aromatic carbocycles. The maximum Gasteiger partial charge on any atom is 0.338 e. The third kappa shape index (κ3) is 5.81. The zero-order chi connectivity index (χ0) is 35.1. The number of thiazole rings is 1. The van der Waals surface area contributed by atoms with Crippen LogP contribution in [0.2, 0.25) is 0 Å². The topological polar surface area (TPSA) is 133 Å². The van der Waals surface area contributed by atoms with Gasteiger partial charge in [-0.25, -0.2) is 9.69 Å².